The minimum Gasteiger partial charge on any atom is -0.351 e. The van der Waals surface area contributed by atoms with Crippen molar-refractivity contribution in [2.24, 2.45) is 5.14 Å². The molecule has 0 saturated heterocycles. The zero-order valence-electron chi connectivity index (χ0n) is 15.7. The molecule has 2 rings (SSSR count). The second-order valence-electron chi connectivity index (χ2n) is 6.18. The molecular formula is C18H23N3O5S3. The van der Waals surface area contributed by atoms with Crippen LogP contribution in [0.15, 0.2) is 64.4 Å². The highest BCUT2D eigenvalue weighted by atomic mass is 32.2. The van der Waals surface area contributed by atoms with E-state index in [4.69, 9.17) is 5.14 Å². The van der Waals surface area contributed by atoms with Crippen molar-refractivity contribution in [1.82, 2.24) is 10.0 Å². The molecule has 11 heteroatoms. The van der Waals surface area contributed by atoms with Crippen LogP contribution in [0.1, 0.15) is 12.0 Å². The molecule has 0 aliphatic heterocycles. The van der Waals surface area contributed by atoms with Crippen molar-refractivity contribution in [2.45, 2.75) is 28.8 Å². The van der Waals surface area contributed by atoms with Crippen molar-refractivity contribution >= 4 is 37.7 Å². The Labute approximate surface area is 175 Å². The Balaban J connectivity index is 2.07. The van der Waals surface area contributed by atoms with Crippen LogP contribution in [-0.4, -0.2) is 40.8 Å². The number of sulfonamides is 2. The Morgan fingerprint density at radius 2 is 1.62 bits per heavy atom. The Hall–Kier alpha value is -1.92. The highest BCUT2D eigenvalue weighted by molar-refractivity contribution is 7.98. The quantitative estimate of drug-likeness (QED) is 0.488. The minimum absolute atomic E-state index is 0.0268. The fraction of sp³-hybridized carbons (Fsp3) is 0.278. The highest BCUT2D eigenvalue weighted by Gasteiger charge is 2.25. The van der Waals surface area contributed by atoms with Crippen molar-refractivity contribution in [3.63, 3.8) is 0 Å². The number of nitrogens with two attached hydrogens (primary N) is 1. The van der Waals surface area contributed by atoms with Crippen LogP contribution in [0, 0.1) is 0 Å². The van der Waals surface area contributed by atoms with Crippen molar-refractivity contribution in [3.05, 3.63) is 60.2 Å². The van der Waals surface area contributed by atoms with Gasteiger partial charge in [-0.15, -0.1) is 0 Å². The summed E-state index contributed by atoms with van der Waals surface area (Å²) in [6, 6.07) is 12.7. The predicted octanol–water partition coefficient (Wildman–Crippen LogP) is 1.05. The molecule has 0 fully saturated rings. The second kappa shape index (κ2) is 10.2. The normalized spacial score (nSPS) is 13.0. The number of primary sulfonamides is 1. The van der Waals surface area contributed by atoms with Gasteiger partial charge in [0, 0.05) is 6.54 Å². The molecule has 4 N–H and O–H groups in total. The van der Waals surface area contributed by atoms with E-state index in [1.54, 1.807) is 18.2 Å². The highest BCUT2D eigenvalue weighted by Crippen LogP contribution is 2.12. The maximum absolute atomic E-state index is 12.6. The maximum Gasteiger partial charge on any atom is 0.241 e. The molecule has 1 amide bonds. The zero-order chi connectivity index (χ0) is 21.5. The number of amides is 1. The van der Waals surface area contributed by atoms with Crippen LogP contribution >= 0.6 is 11.8 Å². The summed E-state index contributed by atoms with van der Waals surface area (Å²) >= 11 is 1.50. The monoisotopic (exact) mass is 457 g/mol. The number of thioether (sulfide) groups is 1. The lowest BCUT2D eigenvalue weighted by Crippen LogP contribution is -2.46. The summed E-state index contributed by atoms with van der Waals surface area (Å²) < 4.78 is 50.1. The largest absolute Gasteiger partial charge is 0.351 e. The first kappa shape index (κ1) is 23.4. The van der Waals surface area contributed by atoms with Gasteiger partial charge in [-0.2, -0.15) is 16.5 Å². The summed E-state index contributed by atoms with van der Waals surface area (Å²) in [6.45, 7) is 0.118. The molecular weight excluding hydrogens is 434 g/mol. The molecule has 158 valence electrons. The number of benzene rings is 2. The number of nitrogens with one attached hydrogen (secondary N) is 2. The first-order valence-corrected chi connectivity index (χ1v) is 13.0. The lowest BCUT2D eigenvalue weighted by molar-refractivity contribution is -0.122. The molecule has 2 aromatic carbocycles. The van der Waals surface area contributed by atoms with Crippen LogP contribution in [0.5, 0.6) is 0 Å². The van der Waals surface area contributed by atoms with Crippen molar-refractivity contribution < 1.29 is 21.6 Å². The third-order valence-corrected chi connectivity index (χ3v) is 7.06. The minimum atomic E-state index is -3.84. The van der Waals surface area contributed by atoms with Crippen LogP contribution in [0.2, 0.25) is 0 Å². The van der Waals surface area contributed by atoms with E-state index in [0.717, 1.165) is 0 Å². The average Bonchev–Trinajstić information content (AvgIpc) is 2.69. The summed E-state index contributed by atoms with van der Waals surface area (Å²) in [6.07, 6.45) is 2.19. The molecule has 0 spiro atoms. The van der Waals surface area contributed by atoms with Gasteiger partial charge >= 0.3 is 0 Å². The van der Waals surface area contributed by atoms with Crippen molar-refractivity contribution in [1.29, 1.82) is 0 Å². The fourth-order valence-corrected chi connectivity index (χ4v) is 4.68. The molecule has 0 aromatic heterocycles. The van der Waals surface area contributed by atoms with Gasteiger partial charge < -0.3 is 5.32 Å². The van der Waals surface area contributed by atoms with Gasteiger partial charge in [-0.05, 0) is 48.3 Å². The van der Waals surface area contributed by atoms with Gasteiger partial charge in [0.2, 0.25) is 26.0 Å². The van der Waals surface area contributed by atoms with Gasteiger partial charge in [0.15, 0.2) is 0 Å². The van der Waals surface area contributed by atoms with E-state index in [9.17, 15) is 21.6 Å². The summed E-state index contributed by atoms with van der Waals surface area (Å²) in [4.78, 5) is 12.7. The summed E-state index contributed by atoms with van der Waals surface area (Å²) in [5, 5.41) is 7.74. The van der Waals surface area contributed by atoms with Crippen molar-refractivity contribution in [3.8, 4) is 0 Å². The van der Waals surface area contributed by atoms with Crippen LogP contribution < -0.4 is 15.2 Å². The number of rotatable bonds is 10. The van der Waals surface area contributed by atoms with Gasteiger partial charge in [0.1, 0.15) is 6.04 Å². The van der Waals surface area contributed by atoms with Gasteiger partial charge in [0.25, 0.3) is 0 Å². The first-order valence-electron chi connectivity index (χ1n) is 8.59. The number of carbonyl (C=O) groups excluding carboxylic acids is 1. The van der Waals surface area contributed by atoms with E-state index < -0.39 is 32.0 Å². The SMILES string of the molecule is CSCC[C@H](NS(=O)(=O)c1ccccc1)C(=O)NCc1ccc(S(N)(=O)=O)cc1. The lowest BCUT2D eigenvalue weighted by Gasteiger charge is -2.18. The maximum atomic E-state index is 12.6. The Kier molecular flexibility index (Phi) is 8.23. The molecule has 0 saturated carbocycles. The Bertz CT molecular complexity index is 1020. The van der Waals surface area contributed by atoms with Crippen LogP contribution in [0.3, 0.4) is 0 Å². The molecule has 0 aliphatic carbocycles. The Morgan fingerprint density at radius 1 is 1.00 bits per heavy atom. The van der Waals surface area contributed by atoms with Crippen LogP contribution in [0.4, 0.5) is 0 Å². The van der Waals surface area contributed by atoms with Crippen LogP contribution in [-0.2, 0) is 31.4 Å². The van der Waals surface area contributed by atoms with E-state index in [-0.39, 0.29) is 16.3 Å². The first-order chi connectivity index (χ1) is 13.6. The van der Waals surface area contributed by atoms with Gasteiger partial charge in [-0.1, -0.05) is 30.3 Å². The third-order valence-electron chi connectivity index (χ3n) is 4.00. The van der Waals surface area contributed by atoms with Gasteiger partial charge in [-0.3, -0.25) is 4.79 Å². The molecule has 0 bridgehead atoms. The van der Waals surface area contributed by atoms with Gasteiger partial charge in [0.05, 0.1) is 9.79 Å². The van der Waals surface area contributed by atoms with E-state index in [1.807, 2.05) is 6.26 Å². The molecule has 0 radical (unpaired) electrons. The predicted molar refractivity (Wildman–Crippen MR) is 113 cm³/mol. The fourth-order valence-electron chi connectivity index (χ4n) is 2.44. The lowest BCUT2D eigenvalue weighted by atomic mass is 10.2. The number of hydrogen-bond acceptors (Lipinski definition) is 6. The molecule has 29 heavy (non-hydrogen) atoms. The molecule has 8 nitrogen and oxygen atoms in total. The number of hydrogen-bond donors (Lipinski definition) is 3. The van der Waals surface area contributed by atoms with E-state index in [0.29, 0.717) is 17.7 Å². The third kappa shape index (κ3) is 7.12. The zero-order valence-corrected chi connectivity index (χ0v) is 18.2. The summed E-state index contributed by atoms with van der Waals surface area (Å²) in [5.74, 6) is 0.132. The van der Waals surface area contributed by atoms with Crippen LogP contribution in [0.25, 0.3) is 0 Å². The molecule has 1 atom stereocenters. The second-order valence-corrected chi connectivity index (χ2v) is 10.4. The molecule has 0 heterocycles. The summed E-state index contributed by atoms with van der Waals surface area (Å²) in [5.41, 5.74) is 0.653. The van der Waals surface area contributed by atoms with E-state index >= 15 is 0 Å². The molecule has 0 unspecified atom stereocenters. The molecule has 0 aliphatic rings. The van der Waals surface area contributed by atoms with E-state index in [1.165, 1.54) is 48.2 Å². The van der Waals surface area contributed by atoms with Crippen molar-refractivity contribution in [2.75, 3.05) is 12.0 Å². The Morgan fingerprint density at radius 3 is 2.17 bits per heavy atom. The number of carbonyl (C=O) groups is 1. The van der Waals surface area contributed by atoms with E-state index in [2.05, 4.69) is 10.0 Å². The standard InChI is InChI=1S/C18H23N3O5S3/c1-27-12-11-17(21-29(25,26)16-5-3-2-4-6-16)18(22)20-13-14-7-9-15(10-8-14)28(19,23)24/h2-10,17,21H,11-13H2,1H3,(H,20,22)(H2,19,23,24)/t17-/m0/s1. The topological polar surface area (TPSA) is 135 Å². The van der Waals surface area contributed by atoms with Gasteiger partial charge in [-0.25, -0.2) is 22.0 Å². The smallest absolute Gasteiger partial charge is 0.241 e. The molecule has 2 aromatic rings. The summed E-state index contributed by atoms with van der Waals surface area (Å²) in [7, 11) is -7.63. The average molecular weight is 458 g/mol.